The van der Waals surface area contributed by atoms with Crippen molar-refractivity contribution in [2.75, 3.05) is 13.1 Å². The summed E-state index contributed by atoms with van der Waals surface area (Å²) in [6.07, 6.45) is 4.81. The lowest BCUT2D eigenvalue weighted by Gasteiger charge is -2.37. The predicted molar refractivity (Wildman–Crippen MR) is 220 cm³/mol. The van der Waals surface area contributed by atoms with Crippen LogP contribution in [0.25, 0.3) is 10.9 Å². The predicted octanol–water partition coefficient (Wildman–Crippen LogP) is 4.13. The Bertz CT molecular complexity index is 1950. The number of carbonyl (C=O) groups excluding carboxylic acids is 5. The number of benzene rings is 3. The molecule has 1 aliphatic rings. The van der Waals surface area contributed by atoms with E-state index in [1.807, 2.05) is 92.0 Å². The van der Waals surface area contributed by atoms with E-state index in [9.17, 15) is 24.0 Å². The minimum atomic E-state index is -1.09. The maximum atomic E-state index is 14.3. The van der Waals surface area contributed by atoms with Crippen LogP contribution in [0.3, 0.4) is 0 Å². The van der Waals surface area contributed by atoms with Crippen molar-refractivity contribution in [1.29, 1.82) is 0 Å². The largest absolute Gasteiger partial charge is 0.361 e. The SMILES string of the molecule is C=CSN[C@@H](Cc1ccccc1)C(=O)N1CCCC[C@H]1C(=O)NC(Cc1c[nH]c2ccccc12)C(=O)N[C@@H](CCCNC(N)=O)C(=O)NCc1ccc(C)cc1. The highest BCUT2D eigenvalue weighted by Crippen LogP contribution is 2.23. The van der Waals surface area contributed by atoms with Gasteiger partial charge in [-0.3, -0.25) is 19.2 Å². The van der Waals surface area contributed by atoms with E-state index < -0.39 is 47.9 Å². The number of aromatic nitrogens is 1. The molecule has 4 atom stereocenters. The molecule has 13 nitrogen and oxygen atoms in total. The number of likely N-dealkylation sites (tertiary alicyclic amines) is 1. The average molecular weight is 781 g/mol. The van der Waals surface area contributed by atoms with Gasteiger partial charge in [0.2, 0.25) is 23.6 Å². The topological polar surface area (TPSA) is 191 Å². The highest BCUT2D eigenvalue weighted by Gasteiger charge is 2.37. The number of aromatic amines is 1. The fourth-order valence-corrected chi connectivity index (χ4v) is 7.35. The Labute approximate surface area is 332 Å². The van der Waals surface area contributed by atoms with Gasteiger partial charge in [-0.15, -0.1) is 0 Å². The van der Waals surface area contributed by atoms with Crippen molar-refractivity contribution in [3.8, 4) is 0 Å². The Balaban J connectivity index is 1.37. The lowest BCUT2D eigenvalue weighted by Crippen LogP contribution is -2.60. The molecule has 1 fully saturated rings. The van der Waals surface area contributed by atoms with Gasteiger partial charge in [-0.2, -0.15) is 0 Å². The first-order valence-corrected chi connectivity index (χ1v) is 19.9. The second-order valence-electron chi connectivity index (χ2n) is 14.0. The standard InChI is InChI=1S/C42H52N8O5S/c1-3-56-49-36(24-29-12-5-4-6-13-29)41(54)50-23-10-9-17-37(50)40(53)48-35(25-31-27-45-33-15-8-7-14-32(31)33)39(52)47-34(16-11-22-44-42(43)55)38(51)46-26-30-20-18-28(2)19-21-30/h3-8,12-15,18-21,27,34-37,45,49H,1,9-11,16-17,22-26H2,2H3,(H,46,51)(H,47,52)(H,48,53)(H3,43,44,55)/t34-,35?,36-,37-/m0/s1. The number of fused-ring (bicyclic) bond motifs is 1. The Kier molecular flexibility index (Phi) is 15.5. The number of H-pyrrole nitrogens is 1. The summed E-state index contributed by atoms with van der Waals surface area (Å²) in [5.74, 6) is -1.62. The minimum Gasteiger partial charge on any atom is -0.361 e. The van der Waals surface area contributed by atoms with Crippen molar-refractivity contribution in [1.82, 2.24) is 35.9 Å². The molecule has 0 saturated carbocycles. The zero-order chi connectivity index (χ0) is 39.9. The number of aryl methyl sites for hydroxylation is 1. The van der Waals surface area contributed by atoms with Gasteiger partial charge >= 0.3 is 6.03 Å². The molecule has 1 unspecified atom stereocenters. The molecule has 2 heterocycles. The highest BCUT2D eigenvalue weighted by atomic mass is 32.2. The third-order valence-electron chi connectivity index (χ3n) is 9.88. The van der Waals surface area contributed by atoms with Crippen molar-refractivity contribution < 1.29 is 24.0 Å². The number of nitrogens with two attached hydrogens (primary N) is 1. The van der Waals surface area contributed by atoms with Crippen LogP contribution in [-0.2, 0) is 38.6 Å². The number of piperidine rings is 1. The summed E-state index contributed by atoms with van der Waals surface area (Å²) in [4.78, 5) is 72.7. The average Bonchev–Trinajstić information content (AvgIpc) is 3.62. The number of nitrogens with one attached hydrogen (secondary N) is 6. The van der Waals surface area contributed by atoms with E-state index in [2.05, 4.69) is 37.6 Å². The van der Waals surface area contributed by atoms with E-state index in [0.717, 1.165) is 46.0 Å². The van der Waals surface area contributed by atoms with Gasteiger partial charge in [0.05, 0.1) is 0 Å². The number of rotatable bonds is 19. The molecule has 4 aromatic rings. The number of carbonyl (C=O) groups is 5. The van der Waals surface area contributed by atoms with Gasteiger partial charge in [0, 0.05) is 43.2 Å². The normalized spacial score (nSPS) is 15.6. The summed E-state index contributed by atoms with van der Waals surface area (Å²) in [5.41, 5.74) is 9.88. The first kappa shape index (κ1) is 41.6. The van der Waals surface area contributed by atoms with Gasteiger partial charge in [0.25, 0.3) is 0 Å². The van der Waals surface area contributed by atoms with Gasteiger partial charge < -0.3 is 36.9 Å². The quantitative estimate of drug-likeness (QED) is 0.0550. The van der Waals surface area contributed by atoms with Crippen LogP contribution in [0.1, 0.15) is 54.4 Å². The molecule has 0 spiro atoms. The maximum Gasteiger partial charge on any atom is 0.312 e. The molecular weight excluding hydrogens is 729 g/mol. The van der Waals surface area contributed by atoms with E-state index in [1.54, 1.807) is 10.3 Å². The molecule has 14 heteroatoms. The van der Waals surface area contributed by atoms with Gasteiger partial charge in [-0.25, -0.2) is 9.52 Å². The monoisotopic (exact) mass is 780 g/mol. The molecular formula is C42H52N8O5S. The molecule has 1 aromatic heterocycles. The Hall–Kier alpha value is -5.60. The lowest BCUT2D eigenvalue weighted by molar-refractivity contribution is -0.144. The molecule has 56 heavy (non-hydrogen) atoms. The summed E-state index contributed by atoms with van der Waals surface area (Å²) in [7, 11) is 0. The number of amides is 6. The molecule has 0 bridgehead atoms. The molecule has 296 valence electrons. The molecule has 8 N–H and O–H groups in total. The van der Waals surface area contributed by atoms with Gasteiger partial charge in [-0.05, 0) is 73.6 Å². The fourth-order valence-electron chi connectivity index (χ4n) is 6.90. The van der Waals surface area contributed by atoms with E-state index in [-0.39, 0.29) is 31.8 Å². The number of urea groups is 1. The summed E-state index contributed by atoms with van der Waals surface area (Å²) in [6, 6.07) is 20.9. The first-order chi connectivity index (χ1) is 27.1. The highest BCUT2D eigenvalue weighted by molar-refractivity contribution is 8.00. The molecule has 0 radical (unpaired) electrons. The van der Waals surface area contributed by atoms with Crippen molar-refractivity contribution in [2.45, 2.75) is 82.6 Å². The second kappa shape index (κ2) is 20.9. The Morgan fingerprint density at radius 1 is 0.875 bits per heavy atom. The minimum absolute atomic E-state index is 0.122. The van der Waals surface area contributed by atoms with Gasteiger partial charge in [0.1, 0.15) is 24.2 Å². The van der Waals surface area contributed by atoms with Crippen molar-refractivity contribution in [2.24, 2.45) is 5.73 Å². The van der Waals surface area contributed by atoms with E-state index in [1.165, 1.54) is 11.9 Å². The summed E-state index contributed by atoms with van der Waals surface area (Å²) < 4.78 is 3.20. The van der Waals surface area contributed by atoms with Crippen LogP contribution >= 0.6 is 11.9 Å². The van der Waals surface area contributed by atoms with Crippen LogP contribution < -0.4 is 31.7 Å². The smallest absolute Gasteiger partial charge is 0.312 e. The van der Waals surface area contributed by atoms with Gasteiger partial charge in [0.15, 0.2) is 0 Å². The number of nitrogens with zero attached hydrogens (tertiary/aromatic N) is 1. The van der Waals surface area contributed by atoms with Crippen LogP contribution in [0, 0.1) is 6.92 Å². The van der Waals surface area contributed by atoms with E-state index >= 15 is 0 Å². The number of para-hydroxylation sites is 1. The Morgan fingerprint density at radius 2 is 1.62 bits per heavy atom. The van der Waals surface area contributed by atoms with Crippen molar-refractivity contribution >= 4 is 52.5 Å². The molecule has 3 aromatic carbocycles. The maximum absolute atomic E-state index is 14.3. The van der Waals surface area contributed by atoms with E-state index in [4.69, 9.17) is 5.73 Å². The summed E-state index contributed by atoms with van der Waals surface area (Å²) >= 11 is 1.22. The number of hydrogen-bond acceptors (Lipinski definition) is 7. The first-order valence-electron chi connectivity index (χ1n) is 19.0. The van der Waals surface area contributed by atoms with Crippen molar-refractivity contribution in [3.05, 3.63) is 119 Å². The fraction of sp³-hybridized carbons (Fsp3) is 0.357. The van der Waals surface area contributed by atoms with Crippen LogP contribution in [-0.4, -0.2) is 76.8 Å². The van der Waals surface area contributed by atoms with Crippen LogP contribution in [0.2, 0.25) is 0 Å². The molecule has 1 aliphatic heterocycles. The number of primary amides is 1. The molecule has 0 aliphatic carbocycles. The molecule has 5 rings (SSSR count). The van der Waals surface area contributed by atoms with Crippen molar-refractivity contribution in [3.63, 3.8) is 0 Å². The third kappa shape index (κ3) is 11.9. The lowest BCUT2D eigenvalue weighted by atomic mass is 9.97. The number of hydrogen-bond donors (Lipinski definition) is 7. The van der Waals surface area contributed by atoms with Gasteiger partial charge in [-0.1, -0.05) is 96.9 Å². The zero-order valence-electron chi connectivity index (χ0n) is 31.7. The molecule has 1 saturated heterocycles. The van der Waals surface area contributed by atoms with Crippen LogP contribution in [0.15, 0.2) is 97.0 Å². The third-order valence-corrected chi connectivity index (χ3v) is 10.5. The summed E-state index contributed by atoms with van der Waals surface area (Å²) in [6.45, 7) is 6.59. The Morgan fingerprint density at radius 3 is 2.38 bits per heavy atom. The van der Waals surface area contributed by atoms with Crippen LogP contribution in [0.5, 0.6) is 0 Å². The van der Waals surface area contributed by atoms with Crippen LogP contribution in [0.4, 0.5) is 4.79 Å². The molecule has 6 amide bonds. The second-order valence-corrected chi connectivity index (χ2v) is 14.8. The zero-order valence-corrected chi connectivity index (χ0v) is 32.5. The summed E-state index contributed by atoms with van der Waals surface area (Å²) in [5, 5.41) is 13.8. The van der Waals surface area contributed by atoms with E-state index in [0.29, 0.717) is 25.8 Å².